The van der Waals surface area contributed by atoms with Gasteiger partial charge < -0.3 is 41.4 Å². The smallest absolute Gasteiger partial charge is 0.408 e. The number of nitrogens with zero attached hydrogens (tertiary/aromatic N) is 1. The van der Waals surface area contributed by atoms with Gasteiger partial charge in [-0.15, -0.1) is 0 Å². The summed E-state index contributed by atoms with van der Waals surface area (Å²) in [5, 5.41) is 25.5. The van der Waals surface area contributed by atoms with Gasteiger partial charge in [-0.05, 0) is 50.7 Å². The van der Waals surface area contributed by atoms with E-state index in [0.717, 1.165) is 11.1 Å². The molecule has 0 saturated carbocycles. The van der Waals surface area contributed by atoms with Crippen LogP contribution in [0.5, 0.6) is 0 Å². The van der Waals surface area contributed by atoms with Gasteiger partial charge in [-0.2, -0.15) is 0 Å². The first-order valence-electron chi connectivity index (χ1n) is 18.1. The van der Waals surface area contributed by atoms with Crippen LogP contribution in [-0.2, 0) is 43.2 Å². The van der Waals surface area contributed by atoms with Gasteiger partial charge in [-0.25, -0.2) is 9.78 Å². The molecule has 14 heteroatoms. The summed E-state index contributed by atoms with van der Waals surface area (Å²) in [6.45, 7) is 8.99. The molecule has 14 nitrogen and oxygen atoms in total. The zero-order valence-electron chi connectivity index (χ0n) is 31.1. The van der Waals surface area contributed by atoms with Crippen molar-refractivity contribution in [3.8, 4) is 0 Å². The van der Waals surface area contributed by atoms with Crippen molar-refractivity contribution < 1.29 is 33.8 Å². The Labute approximate surface area is 310 Å². The van der Waals surface area contributed by atoms with E-state index in [-0.39, 0.29) is 43.6 Å². The van der Waals surface area contributed by atoms with E-state index in [4.69, 9.17) is 4.74 Å². The Morgan fingerprint density at radius 1 is 0.906 bits per heavy atom. The predicted molar refractivity (Wildman–Crippen MR) is 198 cm³/mol. The third-order valence-corrected chi connectivity index (χ3v) is 8.69. The number of imidazole rings is 1. The normalized spacial score (nSPS) is 17.9. The van der Waals surface area contributed by atoms with Gasteiger partial charge in [0.05, 0.1) is 42.7 Å². The number of aromatic amines is 1. The van der Waals surface area contributed by atoms with Crippen LogP contribution in [0.4, 0.5) is 4.79 Å². The van der Waals surface area contributed by atoms with Gasteiger partial charge in [0, 0.05) is 25.5 Å². The third kappa shape index (κ3) is 13.7. The summed E-state index contributed by atoms with van der Waals surface area (Å²) in [5.41, 5.74) is 1.48. The molecule has 1 aliphatic rings. The summed E-state index contributed by atoms with van der Waals surface area (Å²) in [6.07, 6.45) is 1.79. The summed E-state index contributed by atoms with van der Waals surface area (Å²) in [5.74, 6) is -1.83. The first-order valence-corrected chi connectivity index (χ1v) is 18.1. The van der Waals surface area contributed by atoms with Crippen LogP contribution in [-0.4, -0.2) is 86.7 Å². The highest BCUT2D eigenvalue weighted by molar-refractivity contribution is 5.92. The monoisotopic (exact) mass is 731 g/mol. The largest absolute Gasteiger partial charge is 0.444 e. The zero-order chi connectivity index (χ0) is 38.5. The Morgan fingerprint density at radius 3 is 2.13 bits per heavy atom. The Bertz CT molecular complexity index is 1650. The van der Waals surface area contributed by atoms with Gasteiger partial charge in [-0.1, -0.05) is 74.5 Å². The van der Waals surface area contributed by atoms with Crippen LogP contribution in [0.3, 0.4) is 0 Å². The number of alkyl carbamates (subject to hydrolysis) is 1. The van der Waals surface area contributed by atoms with E-state index >= 15 is 0 Å². The molecule has 0 bridgehead atoms. The van der Waals surface area contributed by atoms with Gasteiger partial charge in [0.25, 0.3) is 0 Å². The molecule has 1 fully saturated rings. The number of amides is 5. The van der Waals surface area contributed by atoms with Crippen LogP contribution in [0, 0.1) is 5.92 Å². The van der Waals surface area contributed by atoms with E-state index in [9.17, 15) is 29.1 Å². The number of nitrogens with one attached hydrogen (secondary N) is 6. The number of aliphatic hydroxyl groups is 1. The van der Waals surface area contributed by atoms with E-state index in [1.165, 1.54) is 6.33 Å². The summed E-state index contributed by atoms with van der Waals surface area (Å²) < 4.78 is 5.42. The zero-order valence-corrected chi connectivity index (χ0v) is 31.1. The van der Waals surface area contributed by atoms with Crippen LogP contribution in [0.1, 0.15) is 70.7 Å². The lowest BCUT2D eigenvalue weighted by molar-refractivity contribution is -0.131. The molecule has 1 saturated heterocycles. The molecule has 1 aliphatic heterocycles. The molecule has 2 aromatic carbocycles. The molecule has 0 spiro atoms. The molecular formula is C39H53N7O7. The maximum atomic E-state index is 14.0. The standard InChI is InChI=1S/C39H53N7O7/c1-24(2)16-30(33(47)21-35(49)43-29-20-34(48)42-28(29)17-25-12-8-6-9-13-25)44-37(51)32(19-27-22-40-23-41-27)45-36(50)31(18-26-14-10-7-11-15-26)46-38(52)53-39(3,4)5/h6-15,22-24,28-33,47H,16-21H2,1-5H3,(H,40,41)(H,42,48)(H,43,49)(H,44,51)(H,45,50)(H,46,52)/t28-,29+,30-,31-,32-,33-/m0/s1. The summed E-state index contributed by atoms with van der Waals surface area (Å²) in [6, 6.07) is 14.9. The van der Waals surface area contributed by atoms with Crippen molar-refractivity contribution in [2.45, 2.75) is 115 Å². The first-order chi connectivity index (χ1) is 25.1. The maximum Gasteiger partial charge on any atom is 0.408 e. The average Bonchev–Trinajstić information content (AvgIpc) is 3.72. The molecule has 7 N–H and O–H groups in total. The molecule has 286 valence electrons. The van der Waals surface area contributed by atoms with Crippen molar-refractivity contribution in [1.82, 2.24) is 36.6 Å². The molecule has 1 aromatic heterocycles. The molecule has 53 heavy (non-hydrogen) atoms. The van der Waals surface area contributed by atoms with E-state index in [0.29, 0.717) is 18.5 Å². The summed E-state index contributed by atoms with van der Waals surface area (Å²) in [4.78, 5) is 73.2. The lowest BCUT2D eigenvalue weighted by Crippen LogP contribution is -2.58. The second kappa shape index (κ2) is 19.0. The second-order valence-electron chi connectivity index (χ2n) is 15.0. The van der Waals surface area contributed by atoms with Gasteiger partial charge in [0.2, 0.25) is 23.6 Å². The topological polar surface area (TPSA) is 204 Å². The van der Waals surface area contributed by atoms with Gasteiger partial charge in [-0.3, -0.25) is 19.2 Å². The SMILES string of the molecule is CC(C)C[C@H](NC(=O)[C@H](Cc1c[nH]cn1)NC(=O)[C@H](Cc1ccccc1)NC(=O)OC(C)(C)C)[C@@H](O)CC(=O)N[C@@H]1CC(=O)N[C@H]1Cc1ccccc1. The van der Waals surface area contributed by atoms with Crippen LogP contribution in [0.2, 0.25) is 0 Å². The minimum absolute atomic E-state index is 0.00204. The van der Waals surface area contributed by atoms with E-state index in [1.54, 1.807) is 27.0 Å². The minimum Gasteiger partial charge on any atom is -0.444 e. The first kappa shape index (κ1) is 40.5. The molecule has 0 unspecified atom stereocenters. The highest BCUT2D eigenvalue weighted by Crippen LogP contribution is 2.17. The molecular weight excluding hydrogens is 678 g/mol. The maximum absolute atomic E-state index is 14.0. The quantitative estimate of drug-likeness (QED) is 0.110. The number of benzene rings is 2. The van der Waals surface area contributed by atoms with Crippen molar-refractivity contribution in [3.05, 3.63) is 90.0 Å². The second-order valence-corrected chi connectivity index (χ2v) is 15.0. The number of hydrogen-bond acceptors (Lipinski definition) is 8. The fraction of sp³-hybridized carbons (Fsp3) is 0.487. The highest BCUT2D eigenvalue weighted by Gasteiger charge is 2.35. The fourth-order valence-corrected chi connectivity index (χ4v) is 6.22. The van der Waals surface area contributed by atoms with Gasteiger partial charge >= 0.3 is 6.09 Å². The van der Waals surface area contributed by atoms with Crippen molar-refractivity contribution >= 4 is 29.7 Å². The number of ether oxygens (including phenoxy) is 1. The predicted octanol–water partition coefficient (Wildman–Crippen LogP) is 2.47. The number of rotatable bonds is 17. The van der Waals surface area contributed by atoms with Crippen LogP contribution >= 0.6 is 0 Å². The van der Waals surface area contributed by atoms with Gasteiger partial charge in [0.1, 0.15) is 17.7 Å². The fourth-order valence-electron chi connectivity index (χ4n) is 6.22. The van der Waals surface area contributed by atoms with Crippen LogP contribution < -0.4 is 26.6 Å². The number of aliphatic hydroxyl groups excluding tert-OH is 1. The van der Waals surface area contributed by atoms with E-state index in [2.05, 4.69) is 36.6 Å². The number of hydrogen-bond donors (Lipinski definition) is 7. The lowest BCUT2D eigenvalue weighted by Gasteiger charge is -2.29. The number of carbonyl (C=O) groups is 5. The molecule has 5 amide bonds. The van der Waals surface area contributed by atoms with E-state index in [1.807, 2.05) is 74.5 Å². The van der Waals surface area contributed by atoms with Crippen molar-refractivity contribution in [2.75, 3.05) is 0 Å². The number of carbonyl (C=O) groups excluding carboxylic acids is 5. The van der Waals surface area contributed by atoms with Crippen molar-refractivity contribution in [2.24, 2.45) is 5.92 Å². The van der Waals surface area contributed by atoms with Crippen molar-refractivity contribution in [3.63, 3.8) is 0 Å². The van der Waals surface area contributed by atoms with Crippen molar-refractivity contribution in [1.29, 1.82) is 0 Å². The summed E-state index contributed by atoms with van der Waals surface area (Å²) >= 11 is 0. The third-order valence-electron chi connectivity index (χ3n) is 8.69. The lowest BCUT2D eigenvalue weighted by atomic mass is 9.95. The summed E-state index contributed by atoms with van der Waals surface area (Å²) in [7, 11) is 0. The molecule has 4 rings (SSSR count). The van der Waals surface area contributed by atoms with Gasteiger partial charge in [0.15, 0.2) is 0 Å². The van der Waals surface area contributed by atoms with Crippen LogP contribution in [0.15, 0.2) is 73.2 Å². The average molecular weight is 732 g/mol. The van der Waals surface area contributed by atoms with Crippen LogP contribution in [0.25, 0.3) is 0 Å². The molecule has 0 aliphatic carbocycles. The Hall–Kier alpha value is -5.24. The Morgan fingerprint density at radius 2 is 1.53 bits per heavy atom. The number of aromatic nitrogens is 2. The minimum atomic E-state index is -1.28. The number of H-pyrrole nitrogens is 1. The molecule has 2 heterocycles. The molecule has 0 radical (unpaired) electrons. The highest BCUT2D eigenvalue weighted by atomic mass is 16.6. The molecule has 6 atom stereocenters. The van der Waals surface area contributed by atoms with E-state index < -0.39 is 59.7 Å². The Balaban J connectivity index is 1.46. The Kier molecular flexibility index (Phi) is 14.5. The molecule has 3 aromatic rings.